The highest BCUT2D eigenvalue weighted by molar-refractivity contribution is 7.47. The minimum absolute atomic E-state index is 0.0733. The van der Waals surface area contributed by atoms with Crippen molar-refractivity contribution in [2.45, 2.75) is 193 Å². The summed E-state index contributed by atoms with van der Waals surface area (Å²) in [6.45, 7) is 4.00. The fourth-order valence-electron chi connectivity index (χ4n) is 5.89. The number of hydrogen-bond donors (Lipinski definition) is 4. The number of aliphatic hydroxyl groups excluding tert-OH is 1. The summed E-state index contributed by atoms with van der Waals surface area (Å²) in [5.74, 6) is -0.211. The molecule has 53 heavy (non-hydrogen) atoms. The summed E-state index contributed by atoms with van der Waals surface area (Å²) in [6.07, 6.45) is 49.7. The van der Waals surface area contributed by atoms with Crippen LogP contribution in [0.4, 0.5) is 0 Å². The van der Waals surface area contributed by atoms with E-state index in [4.69, 9.17) is 14.8 Å². The Balaban J connectivity index is 4.27. The molecule has 0 aliphatic rings. The number of rotatable bonds is 39. The molecule has 3 unspecified atom stereocenters. The SMILES string of the molecule is CC/C=C\C/C=C\C/C=C\C/C=C\CCCCCCCCC(=O)NC(COP(=O)(O)OCCN)C(O)/C=C/CCCCCCCCCCCCCCC. The molecule has 0 saturated carbocycles. The molecule has 0 aliphatic carbocycles. The molecule has 0 aromatic rings. The zero-order chi connectivity index (χ0) is 38.9. The first kappa shape index (κ1) is 51.2. The fourth-order valence-corrected chi connectivity index (χ4v) is 6.65. The van der Waals surface area contributed by atoms with Crippen LogP contribution in [0.5, 0.6) is 0 Å². The monoisotopic (exact) mass is 765 g/mol. The van der Waals surface area contributed by atoms with Crippen LogP contribution in [-0.4, -0.2) is 47.8 Å². The highest BCUT2D eigenvalue weighted by Gasteiger charge is 2.26. The van der Waals surface area contributed by atoms with E-state index in [0.717, 1.165) is 77.0 Å². The second-order valence-electron chi connectivity index (χ2n) is 14.2. The van der Waals surface area contributed by atoms with Crippen LogP contribution in [0, 0.1) is 0 Å². The Morgan fingerprint density at radius 2 is 1.09 bits per heavy atom. The van der Waals surface area contributed by atoms with Crippen molar-refractivity contribution in [3.63, 3.8) is 0 Å². The molecule has 0 fully saturated rings. The number of nitrogens with one attached hydrogen (secondary N) is 1. The van der Waals surface area contributed by atoms with Crippen molar-refractivity contribution < 1.29 is 28.4 Å². The van der Waals surface area contributed by atoms with E-state index < -0.39 is 20.0 Å². The maximum atomic E-state index is 12.8. The molecule has 0 spiro atoms. The normalized spacial score (nSPS) is 14.7. The lowest BCUT2D eigenvalue weighted by molar-refractivity contribution is -0.123. The van der Waals surface area contributed by atoms with Gasteiger partial charge in [0.05, 0.1) is 25.4 Å². The molecule has 0 aliphatic heterocycles. The smallest absolute Gasteiger partial charge is 0.387 e. The predicted octanol–water partition coefficient (Wildman–Crippen LogP) is 11.9. The zero-order valence-corrected chi connectivity index (χ0v) is 34.9. The third kappa shape index (κ3) is 38.3. The Morgan fingerprint density at radius 3 is 1.60 bits per heavy atom. The highest BCUT2D eigenvalue weighted by Crippen LogP contribution is 2.43. The fraction of sp³-hybridized carbons (Fsp3) is 0.750. The van der Waals surface area contributed by atoms with Gasteiger partial charge in [-0.2, -0.15) is 0 Å². The van der Waals surface area contributed by atoms with Crippen molar-refractivity contribution in [1.82, 2.24) is 5.32 Å². The molecule has 0 aromatic carbocycles. The van der Waals surface area contributed by atoms with Gasteiger partial charge in [-0.1, -0.05) is 177 Å². The van der Waals surface area contributed by atoms with Gasteiger partial charge in [-0.25, -0.2) is 4.57 Å². The summed E-state index contributed by atoms with van der Waals surface area (Å²) in [4.78, 5) is 22.7. The van der Waals surface area contributed by atoms with Gasteiger partial charge in [0.15, 0.2) is 0 Å². The molecule has 0 radical (unpaired) electrons. The Kier molecular flexibility index (Phi) is 38.5. The van der Waals surface area contributed by atoms with Gasteiger partial charge < -0.3 is 21.1 Å². The number of amides is 1. The molecule has 1 amide bonds. The van der Waals surface area contributed by atoms with Crippen molar-refractivity contribution in [2.24, 2.45) is 5.73 Å². The number of aliphatic hydroxyl groups is 1. The summed E-state index contributed by atoms with van der Waals surface area (Å²) >= 11 is 0. The third-order valence-corrected chi connectivity index (χ3v) is 10.1. The number of phosphoric acid groups is 1. The summed E-state index contributed by atoms with van der Waals surface area (Å²) in [7, 11) is -4.34. The first-order chi connectivity index (χ1) is 25.9. The minimum atomic E-state index is -4.34. The number of phosphoric ester groups is 1. The molecule has 0 aromatic heterocycles. The van der Waals surface area contributed by atoms with Crippen LogP contribution >= 0.6 is 7.82 Å². The quantitative estimate of drug-likeness (QED) is 0.0278. The van der Waals surface area contributed by atoms with Crippen molar-refractivity contribution in [2.75, 3.05) is 19.8 Å². The van der Waals surface area contributed by atoms with Crippen molar-refractivity contribution >= 4 is 13.7 Å². The third-order valence-electron chi connectivity index (χ3n) is 9.10. The van der Waals surface area contributed by atoms with E-state index in [1.807, 2.05) is 6.08 Å². The molecule has 308 valence electrons. The first-order valence-corrected chi connectivity index (χ1v) is 22.9. The van der Waals surface area contributed by atoms with Crippen molar-refractivity contribution in [3.05, 3.63) is 60.8 Å². The number of unbranched alkanes of at least 4 members (excludes halogenated alkanes) is 19. The molecular formula is C44H81N2O6P. The van der Waals surface area contributed by atoms with Crippen LogP contribution in [0.15, 0.2) is 60.8 Å². The largest absolute Gasteiger partial charge is 0.472 e. The predicted molar refractivity (Wildman–Crippen MR) is 226 cm³/mol. The van der Waals surface area contributed by atoms with Gasteiger partial charge in [0.1, 0.15) is 0 Å². The second kappa shape index (κ2) is 39.9. The number of allylic oxidation sites excluding steroid dienone is 9. The van der Waals surface area contributed by atoms with Gasteiger partial charge in [0.2, 0.25) is 5.91 Å². The lowest BCUT2D eigenvalue weighted by atomic mass is 10.0. The van der Waals surface area contributed by atoms with E-state index in [0.29, 0.717) is 6.42 Å². The maximum Gasteiger partial charge on any atom is 0.472 e. The molecule has 0 saturated heterocycles. The molecule has 3 atom stereocenters. The Labute approximate surface area is 325 Å². The number of nitrogens with two attached hydrogens (primary N) is 1. The number of hydrogen-bond acceptors (Lipinski definition) is 6. The van der Waals surface area contributed by atoms with E-state index in [9.17, 15) is 19.4 Å². The van der Waals surface area contributed by atoms with E-state index in [2.05, 4.69) is 67.8 Å². The van der Waals surface area contributed by atoms with Crippen LogP contribution in [-0.2, 0) is 18.4 Å². The van der Waals surface area contributed by atoms with Crippen LogP contribution in [0.1, 0.15) is 181 Å². The van der Waals surface area contributed by atoms with Crippen molar-refractivity contribution in [1.29, 1.82) is 0 Å². The van der Waals surface area contributed by atoms with E-state index in [-0.39, 0.29) is 25.7 Å². The van der Waals surface area contributed by atoms with Crippen LogP contribution in [0.25, 0.3) is 0 Å². The van der Waals surface area contributed by atoms with E-state index >= 15 is 0 Å². The number of carbonyl (C=O) groups is 1. The van der Waals surface area contributed by atoms with E-state index in [1.165, 1.54) is 83.5 Å². The van der Waals surface area contributed by atoms with Gasteiger partial charge in [-0.3, -0.25) is 13.8 Å². The Morgan fingerprint density at radius 1 is 0.642 bits per heavy atom. The average molecular weight is 765 g/mol. The Bertz CT molecular complexity index is 1010. The van der Waals surface area contributed by atoms with Gasteiger partial charge in [0, 0.05) is 13.0 Å². The first-order valence-electron chi connectivity index (χ1n) is 21.4. The van der Waals surface area contributed by atoms with Crippen LogP contribution in [0.3, 0.4) is 0 Å². The summed E-state index contributed by atoms with van der Waals surface area (Å²) < 4.78 is 22.1. The molecule has 0 heterocycles. The molecule has 0 bridgehead atoms. The lowest BCUT2D eigenvalue weighted by Crippen LogP contribution is -2.45. The molecule has 8 nitrogen and oxygen atoms in total. The highest BCUT2D eigenvalue weighted by atomic mass is 31.2. The van der Waals surface area contributed by atoms with E-state index in [1.54, 1.807) is 6.08 Å². The maximum absolute atomic E-state index is 12.8. The topological polar surface area (TPSA) is 131 Å². The molecular weight excluding hydrogens is 683 g/mol. The minimum Gasteiger partial charge on any atom is -0.387 e. The molecule has 9 heteroatoms. The van der Waals surface area contributed by atoms with Gasteiger partial charge in [-0.05, 0) is 57.8 Å². The second-order valence-corrected chi connectivity index (χ2v) is 15.6. The average Bonchev–Trinajstić information content (AvgIpc) is 3.14. The summed E-state index contributed by atoms with van der Waals surface area (Å²) in [6, 6.07) is -0.870. The summed E-state index contributed by atoms with van der Waals surface area (Å²) in [5.41, 5.74) is 5.37. The van der Waals surface area contributed by atoms with Crippen molar-refractivity contribution in [3.8, 4) is 0 Å². The van der Waals surface area contributed by atoms with Gasteiger partial charge in [0.25, 0.3) is 0 Å². The van der Waals surface area contributed by atoms with Gasteiger partial charge >= 0.3 is 7.82 Å². The Hall–Kier alpha value is -1.80. The van der Waals surface area contributed by atoms with Gasteiger partial charge in [-0.15, -0.1) is 0 Å². The zero-order valence-electron chi connectivity index (χ0n) is 34.0. The molecule has 5 N–H and O–H groups in total. The standard InChI is InChI=1S/C44H81N2O6P/c1-3-5-7-9-11-13-15-17-19-20-21-22-24-26-28-30-32-34-36-38-44(48)46-42(41-52-53(49,50)51-40-39-45)43(47)37-35-33-31-29-27-25-23-18-16-14-12-10-8-6-4-2/h5,7,11,13,17,19,21-22,35,37,42-43,47H,3-4,6,8-10,12,14-16,18,20,23-34,36,38-41,45H2,1-2H3,(H,46,48)(H,49,50)/b7-5-,13-11-,19-17-,22-21-,37-35+. The number of carbonyl (C=O) groups excluding carboxylic acids is 1. The summed E-state index contributed by atoms with van der Waals surface area (Å²) in [5, 5.41) is 13.7. The lowest BCUT2D eigenvalue weighted by Gasteiger charge is -2.23. The van der Waals surface area contributed by atoms with Crippen LogP contribution < -0.4 is 11.1 Å². The van der Waals surface area contributed by atoms with Crippen LogP contribution in [0.2, 0.25) is 0 Å². The molecule has 0 rings (SSSR count).